The number of nitrogens with zero attached hydrogens (tertiary/aromatic N) is 2. The molecule has 3 rings (SSSR count). The Morgan fingerprint density at radius 2 is 2.00 bits per heavy atom. The molecular weight excluding hydrogens is 370 g/mol. The number of anilines is 1. The molecule has 3 aromatic rings. The SMILES string of the molecule is COC(=O)c1sc(-n2cnc3cc(NC(=O)OC(C)(C)C)ccc32)cc1O. The summed E-state index contributed by atoms with van der Waals surface area (Å²) < 4.78 is 11.6. The zero-order valence-corrected chi connectivity index (χ0v) is 16.1. The molecule has 8 nitrogen and oxygen atoms in total. The van der Waals surface area contributed by atoms with E-state index >= 15 is 0 Å². The van der Waals surface area contributed by atoms with E-state index in [1.807, 2.05) is 0 Å². The molecule has 0 bridgehead atoms. The predicted molar refractivity (Wildman–Crippen MR) is 102 cm³/mol. The first-order chi connectivity index (χ1) is 12.7. The number of hydrogen-bond acceptors (Lipinski definition) is 7. The molecule has 0 fully saturated rings. The maximum absolute atomic E-state index is 11.9. The van der Waals surface area contributed by atoms with Crippen molar-refractivity contribution in [3.8, 4) is 10.8 Å². The predicted octanol–water partition coefficient (Wildman–Crippen LogP) is 3.93. The molecule has 0 atom stereocenters. The van der Waals surface area contributed by atoms with Crippen LogP contribution < -0.4 is 5.32 Å². The number of hydrogen-bond donors (Lipinski definition) is 2. The fourth-order valence-corrected chi connectivity index (χ4v) is 3.37. The number of carbonyl (C=O) groups is 2. The minimum Gasteiger partial charge on any atom is -0.506 e. The molecule has 0 aliphatic carbocycles. The maximum atomic E-state index is 11.9. The molecule has 2 aromatic heterocycles. The van der Waals surface area contributed by atoms with Gasteiger partial charge in [0.15, 0.2) is 4.88 Å². The first kappa shape index (κ1) is 18.7. The Morgan fingerprint density at radius 3 is 2.67 bits per heavy atom. The van der Waals surface area contributed by atoms with Crippen LogP contribution in [-0.4, -0.2) is 39.4 Å². The molecule has 0 saturated carbocycles. The van der Waals surface area contributed by atoms with Crippen molar-refractivity contribution in [2.75, 3.05) is 12.4 Å². The number of benzene rings is 1. The molecule has 2 N–H and O–H groups in total. The first-order valence-corrected chi connectivity index (χ1v) is 8.88. The van der Waals surface area contributed by atoms with Crippen LogP contribution in [0.1, 0.15) is 30.4 Å². The Balaban J connectivity index is 1.88. The van der Waals surface area contributed by atoms with Gasteiger partial charge in [-0.1, -0.05) is 0 Å². The first-order valence-electron chi connectivity index (χ1n) is 8.06. The number of amides is 1. The molecule has 0 aliphatic rings. The maximum Gasteiger partial charge on any atom is 0.412 e. The lowest BCUT2D eigenvalue weighted by Crippen LogP contribution is -2.27. The van der Waals surface area contributed by atoms with Crippen molar-refractivity contribution in [3.05, 3.63) is 35.5 Å². The van der Waals surface area contributed by atoms with Gasteiger partial charge in [0, 0.05) is 11.8 Å². The third-order valence-corrected chi connectivity index (χ3v) is 4.60. The van der Waals surface area contributed by atoms with Gasteiger partial charge in [-0.15, -0.1) is 11.3 Å². The molecule has 0 unspecified atom stereocenters. The van der Waals surface area contributed by atoms with Gasteiger partial charge < -0.3 is 14.6 Å². The zero-order valence-electron chi connectivity index (χ0n) is 15.3. The summed E-state index contributed by atoms with van der Waals surface area (Å²) in [6.45, 7) is 5.36. The van der Waals surface area contributed by atoms with Crippen LogP contribution >= 0.6 is 11.3 Å². The Hall–Kier alpha value is -3.07. The summed E-state index contributed by atoms with van der Waals surface area (Å²) in [5, 5.41) is 13.2. The zero-order chi connectivity index (χ0) is 19.8. The van der Waals surface area contributed by atoms with Crippen LogP contribution in [0.2, 0.25) is 0 Å². The lowest BCUT2D eigenvalue weighted by atomic mass is 10.2. The highest BCUT2D eigenvalue weighted by Gasteiger charge is 2.19. The molecule has 0 saturated heterocycles. The van der Waals surface area contributed by atoms with Crippen LogP contribution in [0, 0.1) is 0 Å². The molecule has 27 heavy (non-hydrogen) atoms. The largest absolute Gasteiger partial charge is 0.506 e. The van der Waals surface area contributed by atoms with Crippen LogP contribution in [0.25, 0.3) is 16.0 Å². The standard InChI is InChI=1S/C18H19N3O5S/c1-18(2,3)26-17(24)20-10-5-6-12-11(7-10)19-9-21(12)14-8-13(22)15(27-14)16(23)25-4/h5-9,22H,1-4H3,(H,20,24). The van der Waals surface area contributed by atoms with Crippen LogP contribution in [0.3, 0.4) is 0 Å². The highest BCUT2D eigenvalue weighted by molar-refractivity contribution is 7.16. The number of esters is 1. The minimum absolute atomic E-state index is 0.123. The van der Waals surface area contributed by atoms with Gasteiger partial charge in [-0.2, -0.15) is 0 Å². The molecule has 0 aliphatic heterocycles. The fraction of sp³-hybridized carbons (Fsp3) is 0.278. The van der Waals surface area contributed by atoms with Crippen molar-refractivity contribution in [3.63, 3.8) is 0 Å². The van der Waals surface area contributed by atoms with Crippen molar-refractivity contribution < 1.29 is 24.2 Å². The highest BCUT2D eigenvalue weighted by atomic mass is 32.1. The van der Waals surface area contributed by atoms with E-state index in [2.05, 4.69) is 15.0 Å². The molecule has 9 heteroatoms. The van der Waals surface area contributed by atoms with Gasteiger partial charge in [0.05, 0.1) is 18.1 Å². The number of methoxy groups -OCH3 is 1. The average molecular weight is 389 g/mol. The minimum atomic E-state index is -0.600. The normalized spacial score (nSPS) is 11.4. The van der Waals surface area contributed by atoms with E-state index in [0.717, 1.165) is 16.9 Å². The van der Waals surface area contributed by atoms with E-state index in [1.54, 1.807) is 49.9 Å². The highest BCUT2D eigenvalue weighted by Crippen LogP contribution is 2.33. The number of rotatable bonds is 3. The second-order valence-corrected chi connectivity index (χ2v) is 7.77. The van der Waals surface area contributed by atoms with Crippen LogP contribution in [0.4, 0.5) is 10.5 Å². The molecule has 1 aromatic carbocycles. The number of aromatic hydroxyl groups is 1. The van der Waals surface area contributed by atoms with Gasteiger partial charge in [-0.3, -0.25) is 9.88 Å². The topological polar surface area (TPSA) is 103 Å². The second-order valence-electron chi connectivity index (χ2n) is 6.74. The number of ether oxygens (including phenoxy) is 2. The Labute approximate surface area is 159 Å². The summed E-state index contributed by atoms with van der Waals surface area (Å²) in [4.78, 5) is 28.0. The summed E-state index contributed by atoms with van der Waals surface area (Å²) in [5.74, 6) is -0.746. The van der Waals surface area contributed by atoms with E-state index in [1.165, 1.54) is 13.2 Å². The van der Waals surface area contributed by atoms with Crippen LogP contribution in [0.15, 0.2) is 30.6 Å². The van der Waals surface area contributed by atoms with E-state index in [0.29, 0.717) is 16.2 Å². The molecule has 142 valence electrons. The lowest BCUT2D eigenvalue weighted by Gasteiger charge is -2.19. The summed E-state index contributed by atoms with van der Waals surface area (Å²) in [7, 11) is 1.26. The van der Waals surface area contributed by atoms with Crippen molar-refractivity contribution in [1.29, 1.82) is 0 Å². The van der Waals surface area contributed by atoms with Crippen molar-refractivity contribution in [2.45, 2.75) is 26.4 Å². The van der Waals surface area contributed by atoms with E-state index in [9.17, 15) is 14.7 Å². The molecule has 0 spiro atoms. The van der Waals surface area contributed by atoms with Crippen LogP contribution in [0.5, 0.6) is 5.75 Å². The Morgan fingerprint density at radius 1 is 1.26 bits per heavy atom. The Kier molecular flexibility index (Phi) is 4.79. The number of imidazole rings is 1. The summed E-state index contributed by atoms with van der Waals surface area (Å²) in [6, 6.07) is 6.69. The molecule has 1 amide bonds. The monoisotopic (exact) mass is 389 g/mol. The third-order valence-electron chi connectivity index (χ3n) is 3.50. The summed E-state index contributed by atoms with van der Waals surface area (Å²) in [6.07, 6.45) is 1.03. The molecule has 2 heterocycles. The number of aromatic nitrogens is 2. The van der Waals surface area contributed by atoms with E-state index in [4.69, 9.17) is 4.74 Å². The number of carbonyl (C=O) groups excluding carboxylic acids is 2. The smallest absolute Gasteiger partial charge is 0.412 e. The number of nitrogens with one attached hydrogen (secondary N) is 1. The van der Waals surface area contributed by atoms with Crippen molar-refractivity contribution in [2.24, 2.45) is 0 Å². The van der Waals surface area contributed by atoms with Crippen molar-refractivity contribution in [1.82, 2.24) is 9.55 Å². The fourth-order valence-electron chi connectivity index (χ4n) is 2.41. The van der Waals surface area contributed by atoms with Gasteiger partial charge in [0.25, 0.3) is 0 Å². The lowest BCUT2D eigenvalue weighted by molar-refractivity contribution is 0.0600. The number of fused-ring (bicyclic) bond motifs is 1. The molecular formula is C18H19N3O5S. The van der Waals surface area contributed by atoms with Gasteiger partial charge >= 0.3 is 12.1 Å². The average Bonchev–Trinajstić information content (AvgIpc) is 3.15. The van der Waals surface area contributed by atoms with Gasteiger partial charge in [-0.25, -0.2) is 14.6 Å². The number of thiophene rings is 1. The molecule has 0 radical (unpaired) electrons. The Bertz CT molecular complexity index is 1020. The van der Waals surface area contributed by atoms with Gasteiger partial charge in [0.1, 0.15) is 22.7 Å². The van der Waals surface area contributed by atoms with E-state index in [-0.39, 0.29) is 10.6 Å². The quantitative estimate of drug-likeness (QED) is 0.658. The van der Waals surface area contributed by atoms with E-state index < -0.39 is 17.7 Å². The van der Waals surface area contributed by atoms with Gasteiger partial charge in [0.2, 0.25) is 0 Å². The third kappa shape index (κ3) is 4.03. The van der Waals surface area contributed by atoms with Gasteiger partial charge in [-0.05, 0) is 39.0 Å². The van der Waals surface area contributed by atoms with Crippen LogP contribution in [-0.2, 0) is 9.47 Å². The second kappa shape index (κ2) is 6.92. The summed E-state index contributed by atoms with van der Waals surface area (Å²) in [5.41, 5.74) is 1.35. The summed E-state index contributed by atoms with van der Waals surface area (Å²) >= 11 is 1.09. The van der Waals surface area contributed by atoms with Crippen molar-refractivity contribution >= 4 is 40.1 Å².